The lowest BCUT2D eigenvalue weighted by Crippen LogP contribution is -2.27. The van der Waals surface area contributed by atoms with Crippen molar-refractivity contribution >= 4 is 5.82 Å². The summed E-state index contributed by atoms with van der Waals surface area (Å²) in [6.45, 7) is 1.32. The van der Waals surface area contributed by atoms with Crippen molar-refractivity contribution in [3.8, 4) is 0 Å². The SMILES string of the molecule is O=c1[nH]nc(NCCCn2cccn2)c(=O)[nH]1. The number of hydrogen-bond donors (Lipinski definition) is 3. The molecule has 0 aliphatic carbocycles. The minimum atomic E-state index is -0.614. The summed E-state index contributed by atoms with van der Waals surface area (Å²) in [5.41, 5.74) is -1.13. The second kappa shape index (κ2) is 5.10. The largest absolute Gasteiger partial charge is 0.364 e. The number of rotatable bonds is 5. The fourth-order valence-corrected chi connectivity index (χ4v) is 1.35. The molecule has 8 nitrogen and oxygen atoms in total. The van der Waals surface area contributed by atoms with E-state index in [0.29, 0.717) is 6.54 Å². The van der Waals surface area contributed by atoms with Gasteiger partial charge >= 0.3 is 5.69 Å². The van der Waals surface area contributed by atoms with Crippen molar-refractivity contribution in [2.45, 2.75) is 13.0 Å². The minimum Gasteiger partial charge on any atom is -0.364 e. The first kappa shape index (κ1) is 11.1. The molecule has 0 aliphatic heterocycles. The molecule has 0 fully saturated rings. The lowest BCUT2D eigenvalue weighted by atomic mass is 10.4. The van der Waals surface area contributed by atoms with Gasteiger partial charge in [0.15, 0.2) is 0 Å². The second-order valence-corrected chi connectivity index (χ2v) is 3.40. The van der Waals surface area contributed by atoms with Gasteiger partial charge in [-0.15, -0.1) is 5.10 Å². The van der Waals surface area contributed by atoms with Crippen LogP contribution in [0.4, 0.5) is 5.82 Å². The third-order valence-corrected chi connectivity index (χ3v) is 2.13. The average molecular weight is 236 g/mol. The van der Waals surface area contributed by atoms with E-state index in [4.69, 9.17) is 0 Å². The third kappa shape index (κ3) is 3.03. The summed E-state index contributed by atoms with van der Waals surface area (Å²) in [4.78, 5) is 24.0. The molecule has 0 aliphatic rings. The van der Waals surface area contributed by atoms with Gasteiger partial charge in [0, 0.05) is 25.5 Å². The highest BCUT2D eigenvalue weighted by Crippen LogP contribution is 1.91. The van der Waals surface area contributed by atoms with E-state index in [1.54, 1.807) is 10.9 Å². The standard InChI is InChI=1S/C9H12N6O2/c16-8-7(13-14-9(17)12-8)10-3-1-5-15-6-2-4-11-15/h2,4,6H,1,3,5H2,(H,10,13)(H2,12,14,16,17). The molecule has 0 atom stereocenters. The zero-order chi connectivity index (χ0) is 12.1. The highest BCUT2D eigenvalue weighted by molar-refractivity contribution is 5.28. The molecule has 0 amide bonds. The Morgan fingerprint density at radius 2 is 2.29 bits per heavy atom. The first-order chi connectivity index (χ1) is 8.25. The Bertz CT molecular complexity index is 570. The van der Waals surface area contributed by atoms with Crippen LogP contribution in [0.15, 0.2) is 28.0 Å². The van der Waals surface area contributed by atoms with Gasteiger partial charge in [-0.2, -0.15) is 5.10 Å². The molecule has 0 unspecified atom stereocenters. The summed E-state index contributed by atoms with van der Waals surface area (Å²) in [6.07, 6.45) is 4.37. The average Bonchev–Trinajstić information content (AvgIpc) is 2.79. The Hall–Kier alpha value is -2.38. The maximum Gasteiger partial charge on any atom is 0.342 e. The van der Waals surface area contributed by atoms with E-state index in [2.05, 4.69) is 25.6 Å². The zero-order valence-electron chi connectivity index (χ0n) is 9.01. The minimum absolute atomic E-state index is 0.116. The Balaban J connectivity index is 1.82. The van der Waals surface area contributed by atoms with Crippen LogP contribution >= 0.6 is 0 Å². The van der Waals surface area contributed by atoms with Crippen LogP contribution in [0.25, 0.3) is 0 Å². The predicted octanol–water partition coefficient (Wildman–Crippen LogP) is -0.843. The summed E-state index contributed by atoms with van der Waals surface area (Å²) in [5, 5.41) is 12.6. The van der Waals surface area contributed by atoms with Crippen molar-refractivity contribution in [1.82, 2.24) is 25.0 Å². The Kier molecular flexibility index (Phi) is 3.34. The van der Waals surface area contributed by atoms with Gasteiger partial charge in [-0.3, -0.25) is 14.5 Å². The van der Waals surface area contributed by atoms with Crippen LogP contribution in [0.1, 0.15) is 6.42 Å². The van der Waals surface area contributed by atoms with Gasteiger partial charge in [0.25, 0.3) is 5.56 Å². The molecule has 17 heavy (non-hydrogen) atoms. The van der Waals surface area contributed by atoms with E-state index < -0.39 is 11.2 Å². The maximum absolute atomic E-state index is 11.2. The molecule has 2 aromatic rings. The molecule has 8 heteroatoms. The Morgan fingerprint density at radius 3 is 3.00 bits per heavy atom. The van der Waals surface area contributed by atoms with Crippen LogP contribution in [0.5, 0.6) is 0 Å². The predicted molar refractivity (Wildman–Crippen MR) is 60.8 cm³/mol. The lowest BCUT2D eigenvalue weighted by Gasteiger charge is -2.03. The summed E-state index contributed by atoms with van der Waals surface area (Å²) < 4.78 is 1.80. The van der Waals surface area contributed by atoms with Gasteiger partial charge < -0.3 is 5.32 Å². The van der Waals surface area contributed by atoms with E-state index in [1.807, 2.05) is 12.3 Å². The highest BCUT2D eigenvalue weighted by atomic mass is 16.2. The summed E-state index contributed by atoms with van der Waals surface area (Å²) in [5.74, 6) is 0.116. The van der Waals surface area contributed by atoms with Crippen LogP contribution in [0, 0.1) is 0 Å². The molecule has 0 bridgehead atoms. The fraction of sp³-hybridized carbons (Fsp3) is 0.333. The van der Waals surface area contributed by atoms with Crippen molar-refractivity contribution in [2.24, 2.45) is 0 Å². The lowest BCUT2D eigenvalue weighted by molar-refractivity contribution is 0.591. The number of anilines is 1. The number of aromatic amines is 2. The van der Waals surface area contributed by atoms with Gasteiger partial charge in [0.1, 0.15) is 0 Å². The van der Waals surface area contributed by atoms with Crippen LogP contribution in [0.3, 0.4) is 0 Å². The number of aryl methyl sites for hydroxylation is 1. The van der Waals surface area contributed by atoms with Crippen LogP contribution in [-0.4, -0.2) is 31.5 Å². The molecule has 0 radical (unpaired) electrons. The van der Waals surface area contributed by atoms with Crippen molar-refractivity contribution < 1.29 is 0 Å². The topological polar surface area (TPSA) is 108 Å². The molecule has 0 saturated heterocycles. The Labute approximate surface area is 95.7 Å². The normalized spacial score (nSPS) is 10.4. The Morgan fingerprint density at radius 1 is 1.41 bits per heavy atom. The van der Waals surface area contributed by atoms with Crippen molar-refractivity contribution in [3.05, 3.63) is 39.3 Å². The van der Waals surface area contributed by atoms with Crippen LogP contribution < -0.4 is 16.6 Å². The number of nitrogens with one attached hydrogen (secondary N) is 3. The monoisotopic (exact) mass is 236 g/mol. The number of H-pyrrole nitrogens is 2. The molecule has 2 aromatic heterocycles. The summed E-state index contributed by atoms with van der Waals surface area (Å²) >= 11 is 0. The van der Waals surface area contributed by atoms with Gasteiger partial charge in [-0.1, -0.05) is 0 Å². The molecule has 2 rings (SSSR count). The molecular formula is C9H12N6O2. The van der Waals surface area contributed by atoms with Crippen LogP contribution in [0.2, 0.25) is 0 Å². The molecule has 90 valence electrons. The van der Waals surface area contributed by atoms with Gasteiger partial charge in [-0.05, 0) is 12.5 Å². The van der Waals surface area contributed by atoms with E-state index in [0.717, 1.165) is 13.0 Å². The van der Waals surface area contributed by atoms with E-state index in [1.165, 1.54) is 0 Å². The molecule has 0 aromatic carbocycles. The van der Waals surface area contributed by atoms with Gasteiger partial charge in [0.2, 0.25) is 5.82 Å². The summed E-state index contributed by atoms with van der Waals surface area (Å²) in [7, 11) is 0. The van der Waals surface area contributed by atoms with Crippen molar-refractivity contribution in [2.75, 3.05) is 11.9 Å². The van der Waals surface area contributed by atoms with Crippen molar-refractivity contribution in [3.63, 3.8) is 0 Å². The van der Waals surface area contributed by atoms with Gasteiger partial charge in [-0.25, -0.2) is 9.89 Å². The number of nitrogens with zero attached hydrogens (tertiary/aromatic N) is 3. The smallest absolute Gasteiger partial charge is 0.342 e. The molecule has 3 N–H and O–H groups in total. The van der Waals surface area contributed by atoms with E-state index in [-0.39, 0.29) is 5.82 Å². The first-order valence-corrected chi connectivity index (χ1v) is 5.16. The van der Waals surface area contributed by atoms with Gasteiger partial charge in [0.05, 0.1) is 0 Å². The highest BCUT2D eigenvalue weighted by Gasteiger charge is 2.00. The fourth-order valence-electron chi connectivity index (χ4n) is 1.35. The van der Waals surface area contributed by atoms with E-state index in [9.17, 15) is 9.59 Å². The first-order valence-electron chi connectivity index (χ1n) is 5.16. The zero-order valence-corrected chi connectivity index (χ0v) is 9.01. The number of aromatic nitrogens is 5. The molecule has 2 heterocycles. The second-order valence-electron chi connectivity index (χ2n) is 3.40. The molecule has 0 spiro atoms. The molecular weight excluding hydrogens is 224 g/mol. The van der Waals surface area contributed by atoms with Crippen molar-refractivity contribution in [1.29, 1.82) is 0 Å². The molecule has 0 saturated carbocycles. The quantitative estimate of drug-likeness (QED) is 0.586. The van der Waals surface area contributed by atoms with E-state index >= 15 is 0 Å². The summed E-state index contributed by atoms with van der Waals surface area (Å²) in [6, 6.07) is 1.85. The number of hydrogen-bond acceptors (Lipinski definition) is 5. The maximum atomic E-state index is 11.2. The third-order valence-electron chi connectivity index (χ3n) is 2.13. The van der Waals surface area contributed by atoms with Crippen LogP contribution in [-0.2, 0) is 6.54 Å².